The van der Waals surface area contributed by atoms with Crippen molar-refractivity contribution < 1.29 is 9.15 Å². The molecule has 102 valence electrons. The highest BCUT2D eigenvalue weighted by Gasteiger charge is 2.20. The van der Waals surface area contributed by atoms with Crippen LogP contribution < -0.4 is 10.5 Å². The van der Waals surface area contributed by atoms with Gasteiger partial charge in [-0.1, -0.05) is 0 Å². The van der Waals surface area contributed by atoms with E-state index >= 15 is 0 Å². The van der Waals surface area contributed by atoms with Crippen molar-refractivity contribution in [3.63, 3.8) is 0 Å². The Morgan fingerprint density at radius 1 is 1.30 bits per heavy atom. The summed E-state index contributed by atoms with van der Waals surface area (Å²) in [5.41, 5.74) is 8.68. The summed E-state index contributed by atoms with van der Waals surface area (Å²) in [6, 6.07) is 5.31. The van der Waals surface area contributed by atoms with E-state index < -0.39 is 6.04 Å². The Morgan fingerprint density at radius 2 is 2.15 bits per heavy atom. The van der Waals surface area contributed by atoms with Gasteiger partial charge >= 0.3 is 0 Å². The molecule has 0 radical (unpaired) electrons. The monoisotopic (exact) mass is 269 g/mol. The van der Waals surface area contributed by atoms with E-state index in [1.54, 1.807) is 25.7 Å². The van der Waals surface area contributed by atoms with Crippen LogP contribution >= 0.6 is 0 Å². The number of hydrogen-bond acceptors (Lipinski definition) is 5. The number of hydrogen-bond donors (Lipinski definition) is 1. The fourth-order valence-electron chi connectivity index (χ4n) is 2.25. The number of fused-ring (bicyclic) bond motifs is 1. The molecule has 0 spiro atoms. The lowest BCUT2D eigenvalue weighted by molar-refractivity contribution is 0.414. The van der Waals surface area contributed by atoms with Crippen LogP contribution in [0.4, 0.5) is 0 Å². The van der Waals surface area contributed by atoms with Crippen LogP contribution in [0.25, 0.3) is 11.0 Å². The molecule has 2 heterocycles. The number of aryl methyl sites for hydroxylation is 1. The number of rotatable bonds is 3. The van der Waals surface area contributed by atoms with E-state index in [0.29, 0.717) is 11.5 Å². The van der Waals surface area contributed by atoms with Gasteiger partial charge in [0.25, 0.3) is 0 Å². The third kappa shape index (κ3) is 2.02. The summed E-state index contributed by atoms with van der Waals surface area (Å²) in [4.78, 5) is 8.27. The zero-order valence-electron chi connectivity index (χ0n) is 11.3. The summed E-state index contributed by atoms with van der Waals surface area (Å²) in [7, 11) is 1.63. The van der Waals surface area contributed by atoms with Crippen LogP contribution in [0.3, 0.4) is 0 Å². The van der Waals surface area contributed by atoms with E-state index in [2.05, 4.69) is 9.97 Å². The second-order valence-electron chi connectivity index (χ2n) is 4.56. The van der Waals surface area contributed by atoms with E-state index in [-0.39, 0.29) is 0 Å². The summed E-state index contributed by atoms with van der Waals surface area (Å²) in [6.07, 6.45) is 4.89. The maximum atomic E-state index is 6.22. The fraction of sp³-hybridized carbons (Fsp3) is 0.200. The van der Waals surface area contributed by atoms with E-state index in [4.69, 9.17) is 14.9 Å². The Labute approximate surface area is 116 Å². The average Bonchev–Trinajstić information content (AvgIpc) is 2.84. The smallest absolute Gasteiger partial charge is 0.138 e. The Bertz CT molecular complexity index is 737. The minimum atomic E-state index is -0.429. The number of ether oxygens (including phenoxy) is 1. The molecule has 0 saturated heterocycles. The first-order valence-corrected chi connectivity index (χ1v) is 6.29. The molecule has 0 bridgehead atoms. The van der Waals surface area contributed by atoms with E-state index in [1.165, 1.54) is 0 Å². The van der Waals surface area contributed by atoms with Gasteiger partial charge in [-0.2, -0.15) is 0 Å². The summed E-state index contributed by atoms with van der Waals surface area (Å²) in [5, 5.41) is 1.03. The molecule has 0 fully saturated rings. The molecule has 3 rings (SSSR count). The molecule has 1 aromatic carbocycles. The molecule has 0 aliphatic heterocycles. The van der Waals surface area contributed by atoms with Gasteiger partial charge in [0.1, 0.15) is 23.1 Å². The van der Waals surface area contributed by atoms with Crippen LogP contribution in [0.2, 0.25) is 0 Å². The van der Waals surface area contributed by atoms with Gasteiger partial charge in [-0.25, -0.2) is 0 Å². The van der Waals surface area contributed by atoms with Gasteiger partial charge in [0, 0.05) is 29.4 Å². The standard InChI is InChI=1S/C15H15N3O2/c1-9-11-4-3-10(19-2)7-13(11)20-15(9)14(16)12-8-17-5-6-18-12/h3-8,14H,16H2,1-2H3. The zero-order chi connectivity index (χ0) is 14.1. The summed E-state index contributed by atoms with van der Waals surface area (Å²) in [6.45, 7) is 1.99. The first-order chi connectivity index (χ1) is 9.70. The van der Waals surface area contributed by atoms with Crippen LogP contribution in [0.1, 0.15) is 23.1 Å². The predicted molar refractivity (Wildman–Crippen MR) is 75.6 cm³/mol. The molecule has 3 aromatic rings. The second kappa shape index (κ2) is 4.94. The summed E-state index contributed by atoms with van der Waals surface area (Å²) >= 11 is 0. The lowest BCUT2D eigenvalue weighted by atomic mass is 10.1. The Morgan fingerprint density at radius 3 is 2.85 bits per heavy atom. The van der Waals surface area contributed by atoms with E-state index in [9.17, 15) is 0 Å². The molecule has 2 N–H and O–H groups in total. The Kier molecular flexibility index (Phi) is 3.12. The number of methoxy groups -OCH3 is 1. The highest BCUT2D eigenvalue weighted by atomic mass is 16.5. The fourth-order valence-corrected chi connectivity index (χ4v) is 2.25. The second-order valence-corrected chi connectivity index (χ2v) is 4.56. The Hall–Kier alpha value is -2.40. The van der Waals surface area contributed by atoms with Gasteiger partial charge < -0.3 is 14.9 Å². The number of nitrogens with two attached hydrogens (primary N) is 1. The van der Waals surface area contributed by atoms with E-state index in [0.717, 1.165) is 22.3 Å². The van der Waals surface area contributed by atoms with Crippen molar-refractivity contribution in [2.24, 2.45) is 5.73 Å². The quantitative estimate of drug-likeness (QED) is 0.791. The van der Waals surface area contributed by atoms with Gasteiger partial charge in [0.05, 0.1) is 19.0 Å². The van der Waals surface area contributed by atoms with Crippen molar-refractivity contribution in [1.82, 2.24) is 9.97 Å². The summed E-state index contributed by atoms with van der Waals surface area (Å²) in [5.74, 6) is 1.46. The SMILES string of the molecule is COc1ccc2c(C)c(C(N)c3cnccn3)oc2c1. The molecule has 0 aliphatic carbocycles. The molecule has 5 nitrogen and oxygen atoms in total. The molecule has 0 aliphatic rings. The van der Waals surface area contributed by atoms with Crippen molar-refractivity contribution in [2.45, 2.75) is 13.0 Å². The van der Waals surface area contributed by atoms with Crippen molar-refractivity contribution in [2.75, 3.05) is 7.11 Å². The van der Waals surface area contributed by atoms with Crippen molar-refractivity contribution in [3.05, 3.63) is 53.8 Å². The highest BCUT2D eigenvalue weighted by Crippen LogP contribution is 2.32. The van der Waals surface area contributed by atoms with Crippen LogP contribution in [-0.2, 0) is 0 Å². The molecule has 0 amide bonds. The average molecular weight is 269 g/mol. The minimum absolute atomic E-state index is 0.429. The molecular formula is C15H15N3O2. The normalized spacial score (nSPS) is 12.6. The van der Waals surface area contributed by atoms with Crippen LogP contribution in [0, 0.1) is 6.92 Å². The number of furan rings is 1. The maximum absolute atomic E-state index is 6.22. The largest absolute Gasteiger partial charge is 0.497 e. The first kappa shape index (κ1) is 12.6. The number of benzene rings is 1. The van der Waals surface area contributed by atoms with E-state index in [1.807, 2.05) is 25.1 Å². The molecule has 20 heavy (non-hydrogen) atoms. The van der Waals surface area contributed by atoms with Crippen LogP contribution in [0.15, 0.2) is 41.2 Å². The highest BCUT2D eigenvalue weighted by molar-refractivity contribution is 5.83. The van der Waals surface area contributed by atoms with Crippen molar-refractivity contribution in [3.8, 4) is 5.75 Å². The van der Waals surface area contributed by atoms with Gasteiger partial charge in [-0.3, -0.25) is 9.97 Å². The lowest BCUT2D eigenvalue weighted by Crippen LogP contribution is -2.13. The van der Waals surface area contributed by atoms with Gasteiger partial charge in [-0.05, 0) is 19.1 Å². The molecule has 2 aromatic heterocycles. The third-order valence-corrected chi connectivity index (χ3v) is 3.37. The molecule has 0 saturated carbocycles. The van der Waals surface area contributed by atoms with Gasteiger partial charge in [-0.15, -0.1) is 0 Å². The third-order valence-electron chi connectivity index (χ3n) is 3.37. The summed E-state index contributed by atoms with van der Waals surface area (Å²) < 4.78 is 11.1. The Balaban J connectivity index is 2.10. The maximum Gasteiger partial charge on any atom is 0.138 e. The molecule has 1 unspecified atom stereocenters. The van der Waals surface area contributed by atoms with Crippen LogP contribution in [-0.4, -0.2) is 17.1 Å². The molecule has 1 atom stereocenters. The van der Waals surface area contributed by atoms with Crippen LogP contribution in [0.5, 0.6) is 5.75 Å². The van der Waals surface area contributed by atoms with Crippen molar-refractivity contribution >= 4 is 11.0 Å². The predicted octanol–water partition coefficient (Wildman–Crippen LogP) is 2.59. The number of nitrogens with zero attached hydrogens (tertiary/aromatic N) is 2. The zero-order valence-corrected chi connectivity index (χ0v) is 11.3. The lowest BCUT2D eigenvalue weighted by Gasteiger charge is -2.08. The minimum Gasteiger partial charge on any atom is -0.497 e. The number of aromatic nitrogens is 2. The topological polar surface area (TPSA) is 74.2 Å². The first-order valence-electron chi connectivity index (χ1n) is 6.29. The van der Waals surface area contributed by atoms with Gasteiger partial charge in [0.15, 0.2) is 0 Å². The van der Waals surface area contributed by atoms with Crippen molar-refractivity contribution in [1.29, 1.82) is 0 Å². The van der Waals surface area contributed by atoms with Gasteiger partial charge in [0.2, 0.25) is 0 Å². The molecular weight excluding hydrogens is 254 g/mol. The molecule has 5 heteroatoms.